The quantitative estimate of drug-likeness (QED) is 0.817. The highest BCUT2D eigenvalue weighted by molar-refractivity contribution is 6.32. The Hall–Kier alpha value is -0.930. The number of aliphatic hydroxyl groups is 1. The molecule has 0 amide bonds. The van der Waals surface area contributed by atoms with Crippen LogP contribution in [0.15, 0.2) is 6.07 Å². The summed E-state index contributed by atoms with van der Waals surface area (Å²) in [6.45, 7) is 1.82. The number of hydrogen-bond donors (Lipinski definition) is 2. The van der Waals surface area contributed by atoms with Crippen molar-refractivity contribution < 1.29 is 14.9 Å². The van der Waals surface area contributed by atoms with Gasteiger partial charge in [-0.1, -0.05) is 11.6 Å². The summed E-state index contributed by atoms with van der Waals surface area (Å²) in [7, 11) is 1.44. The van der Waals surface area contributed by atoms with Gasteiger partial charge in [-0.15, -0.1) is 0 Å². The Bertz CT molecular complexity index is 411. The van der Waals surface area contributed by atoms with E-state index in [0.717, 1.165) is 5.56 Å². The molecule has 0 radical (unpaired) electrons. The molecular formula is C11H13ClO3. The van der Waals surface area contributed by atoms with E-state index >= 15 is 0 Å². The van der Waals surface area contributed by atoms with Gasteiger partial charge in [0.15, 0.2) is 11.5 Å². The first-order chi connectivity index (χ1) is 6.99. The monoisotopic (exact) mass is 228 g/mol. The van der Waals surface area contributed by atoms with E-state index in [4.69, 9.17) is 16.3 Å². The molecule has 1 aromatic carbocycles. The molecular weight excluding hydrogens is 216 g/mol. The van der Waals surface area contributed by atoms with Crippen molar-refractivity contribution in [3.05, 3.63) is 22.2 Å². The smallest absolute Gasteiger partial charge is 0.179 e. The number of halogens is 1. The maximum Gasteiger partial charge on any atom is 0.179 e. The van der Waals surface area contributed by atoms with Gasteiger partial charge in [-0.3, -0.25) is 0 Å². The number of methoxy groups -OCH3 is 1. The molecule has 0 atom stereocenters. The van der Waals surface area contributed by atoms with Crippen LogP contribution in [0.25, 0.3) is 0 Å². The lowest BCUT2D eigenvalue weighted by atomic mass is 10.00. The SMILES string of the molecule is COc1c(Cl)cc(C)c(C2(O)CC2)c1O. The maximum atomic E-state index is 10.0. The number of phenolic OH excluding ortho intramolecular Hbond substituents is 1. The van der Waals surface area contributed by atoms with Gasteiger partial charge in [0, 0.05) is 5.56 Å². The van der Waals surface area contributed by atoms with Crippen LogP contribution in [0.1, 0.15) is 24.0 Å². The fourth-order valence-electron chi connectivity index (χ4n) is 1.89. The van der Waals surface area contributed by atoms with Crippen LogP contribution in [-0.2, 0) is 5.60 Å². The predicted molar refractivity (Wildman–Crippen MR) is 57.5 cm³/mol. The van der Waals surface area contributed by atoms with Gasteiger partial charge < -0.3 is 14.9 Å². The second-order valence-electron chi connectivity index (χ2n) is 3.96. The van der Waals surface area contributed by atoms with Gasteiger partial charge in [0.05, 0.1) is 17.7 Å². The summed E-state index contributed by atoms with van der Waals surface area (Å²) in [5, 5.41) is 20.3. The molecule has 0 unspecified atom stereocenters. The molecule has 0 bridgehead atoms. The summed E-state index contributed by atoms with van der Waals surface area (Å²) in [6, 6.07) is 1.70. The molecule has 0 saturated heterocycles. The number of ether oxygens (including phenoxy) is 1. The van der Waals surface area contributed by atoms with Crippen molar-refractivity contribution in [1.29, 1.82) is 0 Å². The van der Waals surface area contributed by atoms with Crippen molar-refractivity contribution in [2.75, 3.05) is 7.11 Å². The van der Waals surface area contributed by atoms with Crippen molar-refractivity contribution in [3.8, 4) is 11.5 Å². The second-order valence-corrected chi connectivity index (χ2v) is 4.37. The van der Waals surface area contributed by atoms with Gasteiger partial charge in [-0.2, -0.15) is 0 Å². The highest BCUT2D eigenvalue weighted by atomic mass is 35.5. The number of aryl methyl sites for hydroxylation is 1. The molecule has 3 nitrogen and oxygen atoms in total. The Balaban J connectivity index is 2.64. The van der Waals surface area contributed by atoms with Crippen LogP contribution in [0.5, 0.6) is 11.5 Å². The molecule has 0 aliphatic heterocycles. The Morgan fingerprint density at radius 2 is 2.07 bits per heavy atom. The van der Waals surface area contributed by atoms with E-state index in [1.165, 1.54) is 7.11 Å². The molecule has 0 heterocycles. The third kappa shape index (κ3) is 1.56. The summed E-state index contributed by atoms with van der Waals surface area (Å²) in [4.78, 5) is 0. The van der Waals surface area contributed by atoms with Crippen molar-refractivity contribution in [2.24, 2.45) is 0 Å². The highest BCUT2D eigenvalue weighted by Gasteiger charge is 2.46. The molecule has 2 rings (SSSR count). The lowest BCUT2D eigenvalue weighted by molar-refractivity contribution is 0.146. The molecule has 1 saturated carbocycles. The van der Waals surface area contributed by atoms with Crippen molar-refractivity contribution in [1.82, 2.24) is 0 Å². The Morgan fingerprint density at radius 1 is 1.47 bits per heavy atom. The fourth-order valence-corrected chi connectivity index (χ4v) is 2.22. The molecule has 82 valence electrons. The van der Waals surface area contributed by atoms with Crippen molar-refractivity contribution in [3.63, 3.8) is 0 Å². The van der Waals surface area contributed by atoms with E-state index in [1.807, 2.05) is 6.92 Å². The van der Waals surface area contributed by atoms with Gasteiger partial charge in [0.25, 0.3) is 0 Å². The lowest BCUT2D eigenvalue weighted by Gasteiger charge is -2.17. The van der Waals surface area contributed by atoms with Gasteiger partial charge in [0.2, 0.25) is 0 Å². The normalized spacial score (nSPS) is 17.6. The molecule has 1 fully saturated rings. The van der Waals surface area contributed by atoms with Crippen LogP contribution in [0.3, 0.4) is 0 Å². The first-order valence-electron chi connectivity index (χ1n) is 4.78. The summed E-state index contributed by atoms with van der Waals surface area (Å²) in [6.07, 6.45) is 1.35. The first kappa shape index (κ1) is 10.6. The summed E-state index contributed by atoms with van der Waals surface area (Å²) < 4.78 is 5.00. The van der Waals surface area contributed by atoms with E-state index in [9.17, 15) is 10.2 Å². The minimum absolute atomic E-state index is 0.0394. The van der Waals surface area contributed by atoms with E-state index < -0.39 is 5.60 Å². The van der Waals surface area contributed by atoms with E-state index in [0.29, 0.717) is 23.4 Å². The zero-order valence-corrected chi connectivity index (χ0v) is 9.43. The molecule has 1 aliphatic rings. The Morgan fingerprint density at radius 3 is 2.53 bits per heavy atom. The Labute approximate surface area is 93.3 Å². The summed E-state index contributed by atoms with van der Waals surface area (Å²) in [5.41, 5.74) is 0.452. The largest absolute Gasteiger partial charge is 0.504 e. The highest BCUT2D eigenvalue weighted by Crippen LogP contribution is 2.53. The molecule has 1 aliphatic carbocycles. The number of rotatable bonds is 2. The number of aromatic hydroxyl groups is 1. The van der Waals surface area contributed by atoms with Crippen molar-refractivity contribution >= 4 is 11.6 Å². The standard InChI is InChI=1S/C11H13ClO3/c1-6-5-7(12)10(15-2)9(13)8(6)11(14)3-4-11/h5,13-14H,3-4H2,1-2H3. The van der Waals surface area contributed by atoms with Crippen LogP contribution < -0.4 is 4.74 Å². The van der Waals surface area contributed by atoms with Gasteiger partial charge in [-0.05, 0) is 31.4 Å². The van der Waals surface area contributed by atoms with Crippen LogP contribution in [0, 0.1) is 6.92 Å². The van der Waals surface area contributed by atoms with Crippen LogP contribution in [0.4, 0.5) is 0 Å². The number of benzene rings is 1. The van der Waals surface area contributed by atoms with Gasteiger partial charge >= 0.3 is 0 Å². The third-order valence-corrected chi connectivity index (χ3v) is 3.08. The van der Waals surface area contributed by atoms with Crippen LogP contribution in [0.2, 0.25) is 5.02 Å². The average Bonchev–Trinajstić information content (AvgIpc) is 2.83. The fraction of sp³-hybridized carbons (Fsp3) is 0.455. The van der Waals surface area contributed by atoms with Gasteiger partial charge in [0.1, 0.15) is 0 Å². The number of hydrogen-bond acceptors (Lipinski definition) is 3. The van der Waals surface area contributed by atoms with Crippen LogP contribution in [-0.4, -0.2) is 17.3 Å². The van der Waals surface area contributed by atoms with Crippen LogP contribution >= 0.6 is 11.6 Å². The zero-order chi connectivity index (χ0) is 11.2. The first-order valence-corrected chi connectivity index (χ1v) is 5.16. The molecule has 15 heavy (non-hydrogen) atoms. The molecule has 0 aromatic heterocycles. The minimum Gasteiger partial charge on any atom is -0.504 e. The zero-order valence-electron chi connectivity index (χ0n) is 8.67. The summed E-state index contributed by atoms with van der Waals surface area (Å²) in [5.74, 6) is 0.195. The third-order valence-electron chi connectivity index (χ3n) is 2.80. The molecule has 2 N–H and O–H groups in total. The molecule has 4 heteroatoms. The van der Waals surface area contributed by atoms with Gasteiger partial charge in [-0.25, -0.2) is 0 Å². The second kappa shape index (κ2) is 3.29. The van der Waals surface area contributed by atoms with E-state index in [2.05, 4.69) is 0 Å². The minimum atomic E-state index is -0.883. The Kier molecular flexibility index (Phi) is 2.32. The van der Waals surface area contributed by atoms with Crippen molar-refractivity contribution in [2.45, 2.75) is 25.4 Å². The molecule has 0 spiro atoms. The molecule has 1 aromatic rings. The van der Waals surface area contributed by atoms with E-state index in [1.54, 1.807) is 6.07 Å². The number of phenols is 1. The van der Waals surface area contributed by atoms with E-state index in [-0.39, 0.29) is 11.5 Å². The lowest BCUT2D eigenvalue weighted by Crippen LogP contribution is -2.08. The topological polar surface area (TPSA) is 49.7 Å². The maximum absolute atomic E-state index is 10.0. The predicted octanol–water partition coefficient (Wildman–Crippen LogP) is 2.34. The average molecular weight is 229 g/mol. The summed E-state index contributed by atoms with van der Waals surface area (Å²) >= 11 is 5.91.